The Morgan fingerprint density at radius 1 is 0.793 bits per heavy atom. The van der Waals surface area contributed by atoms with E-state index < -0.39 is 10.0 Å². The zero-order chi connectivity index (χ0) is 20.4. The summed E-state index contributed by atoms with van der Waals surface area (Å²) in [6.07, 6.45) is 0. The van der Waals surface area contributed by atoms with Gasteiger partial charge in [0.15, 0.2) is 5.82 Å². The molecule has 0 spiro atoms. The van der Waals surface area contributed by atoms with Crippen LogP contribution in [0.2, 0.25) is 0 Å². The number of hydrogen-bond acceptors (Lipinski definition) is 5. The summed E-state index contributed by atoms with van der Waals surface area (Å²) >= 11 is 0. The number of nitrogens with zero attached hydrogens (tertiary/aromatic N) is 4. The Labute approximate surface area is 171 Å². The van der Waals surface area contributed by atoms with Gasteiger partial charge in [0, 0.05) is 31.7 Å². The van der Waals surface area contributed by atoms with Crippen LogP contribution in [0.1, 0.15) is 11.1 Å². The minimum atomic E-state index is -3.46. The molecule has 2 heterocycles. The highest BCUT2D eigenvalue weighted by atomic mass is 32.2. The number of sulfonamides is 1. The number of hydrogen-bond donors (Lipinski definition) is 0. The van der Waals surface area contributed by atoms with Crippen LogP contribution in [0.4, 0.5) is 5.82 Å². The summed E-state index contributed by atoms with van der Waals surface area (Å²) in [4.78, 5) is 2.43. The van der Waals surface area contributed by atoms with Gasteiger partial charge >= 0.3 is 0 Å². The molecule has 4 rings (SSSR count). The van der Waals surface area contributed by atoms with Gasteiger partial charge in [-0.05, 0) is 43.7 Å². The number of benzene rings is 2. The van der Waals surface area contributed by atoms with Crippen molar-refractivity contribution in [3.63, 3.8) is 0 Å². The Balaban J connectivity index is 1.44. The van der Waals surface area contributed by atoms with Crippen LogP contribution < -0.4 is 4.90 Å². The highest BCUT2D eigenvalue weighted by Gasteiger charge is 2.29. The van der Waals surface area contributed by atoms with Crippen LogP contribution >= 0.6 is 0 Å². The van der Waals surface area contributed by atoms with Gasteiger partial charge in [-0.1, -0.05) is 42.0 Å². The molecule has 0 saturated carbocycles. The Bertz CT molecular complexity index is 1090. The molecule has 29 heavy (non-hydrogen) atoms. The normalized spacial score (nSPS) is 15.4. The number of anilines is 1. The van der Waals surface area contributed by atoms with Crippen molar-refractivity contribution < 1.29 is 8.42 Å². The van der Waals surface area contributed by atoms with Crippen molar-refractivity contribution >= 4 is 15.8 Å². The van der Waals surface area contributed by atoms with Gasteiger partial charge in [-0.3, -0.25) is 0 Å². The van der Waals surface area contributed by atoms with E-state index in [4.69, 9.17) is 0 Å². The number of rotatable bonds is 4. The first-order valence-electron chi connectivity index (χ1n) is 9.67. The van der Waals surface area contributed by atoms with Crippen LogP contribution in [0.3, 0.4) is 0 Å². The minimum absolute atomic E-state index is 0.346. The molecule has 150 valence electrons. The van der Waals surface area contributed by atoms with Crippen molar-refractivity contribution in [3.05, 3.63) is 71.8 Å². The smallest absolute Gasteiger partial charge is 0.243 e. The Hall–Kier alpha value is -2.77. The molecule has 0 N–H and O–H groups in total. The molecule has 2 aromatic carbocycles. The summed E-state index contributed by atoms with van der Waals surface area (Å²) in [5.74, 6) is 0.773. The van der Waals surface area contributed by atoms with Crippen molar-refractivity contribution in [2.24, 2.45) is 0 Å². The Kier molecular flexibility index (Phi) is 5.34. The molecule has 6 nitrogen and oxygen atoms in total. The number of aryl methyl sites for hydroxylation is 2. The highest BCUT2D eigenvalue weighted by Crippen LogP contribution is 2.23. The summed E-state index contributed by atoms with van der Waals surface area (Å²) < 4.78 is 27.3. The lowest BCUT2D eigenvalue weighted by molar-refractivity contribution is 0.383. The maximum atomic E-state index is 12.9. The summed E-state index contributed by atoms with van der Waals surface area (Å²) in [6, 6.07) is 19.0. The maximum Gasteiger partial charge on any atom is 0.243 e. The van der Waals surface area contributed by atoms with Gasteiger partial charge in [-0.15, -0.1) is 10.2 Å². The second-order valence-corrected chi connectivity index (χ2v) is 9.23. The molecule has 0 radical (unpaired) electrons. The van der Waals surface area contributed by atoms with Crippen LogP contribution in [0.5, 0.6) is 0 Å². The number of piperazine rings is 1. The molecule has 7 heteroatoms. The Morgan fingerprint density at radius 2 is 1.48 bits per heavy atom. The zero-order valence-corrected chi connectivity index (χ0v) is 17.4. The lowest BCUT2D eigenvalue weighted by atomic mass is 10.1. The third-order valence-corrected chi connectivity index (χ3v) is 7.21. The van der Waals surface area contributed by atoms with Crippen molar-refractivity contribution in [2.45, 2.75) is 18.7 Å². The van der Waals surface area contributed by atoms with E-state index in [0.717, 1.165) is 28.2 Å². The fourth-order valence-electron chi connectivity index (χ4n) is 3.51. The van der Waals surface area contributed by atoms with E-state index in [1.165, 1.54) is 0 Å². The van der Waals surface area contributed by atoms with Crippen molar-refractivity contribution in [1.29, 1.82) is 0 Å². The van der Waals surface area contributed by atoms with Crippen LogP contribution in [-0.2, 0) is 10.0 Å². The largest absolute Gasteiger partial charge is 0.352 e. The fourth-order valence-corrected chi connectivity index (χ4v) is 4.94. The predicted octanol–water partition coefficient (Wildman–Crippen LogP) is 3.27. The lowest BCUT2D eigenvalue weighted by Gasteiger charge is -2.34. The third-order valence-electron chi connectivity index (χ3n) is 5.29. The highest BCUT2D eigenvalue weighted by molar-refractivity contribution is 7.89. The summed E-state index contributed by atoms with van der Waals surface area (Å²) in [7, 11) is -3.46. The van der Waals surface area contributed by atoms with Gasteiger partial charge < -0.3 is 4.90 Å². The standard InChI is InChI=1S/C22H24N4O2S/c1-17-7-9-19(10-8-17)29(27,28)26-15-13-25(14-16-26)22-12-11-21(23-24-22)20-6-4-3-5-18(20)2/h3-12H,13-16H2,1-2H3. The molecule has 1 aliphatic heterocycles. The Morgan fingerprint density at radius 3 is 2.10 bits per heavy atom. The SMILES string of the molecule is Cc1ccc(S(=O)(=O)N2CCN(c3ccc(-c4ccccc4C)nn3)CC2)cc1. The van der Waals surface area contributed by atoms with Crippen LogP contribution in [0, 0.1) is 13.8 Å². The van der Waals surface area contributed by atoms with E-state index in [2.05, 4.69) is 28.1 Å². The fraction of sp³-hybridized carbons (Fsp3) is 0.273. The number of aromatic nitrogens is 2. The molecule has 1 saturated heterocycles. The van der Waals surface area contributed by atoms with Gasteiger partial charge in [0.2, 0.25) is 10.0 Å². The zero-order valence-electron chi connectivity index (χ0n) is 16.6. The lowest BCUT2D eigenvalue weighted by Crippen LogP contribution is -2.49. The molecule has 1 aromatic heterocycles. The average molecular weight is 409 g/mol. The molecule has 0 aliphatic carbocycles. The van der Waals surface area contributed by atoms with E-state index in [9.17, 15) is 8.42 Å². The van der Waals surface area contributed by atoms with Crippen molar-refractivity contribution in [3.8, 4) is 11.3 Å². The van der Waals surface area contributed by atoms with Crippen LogP contribution in [-0.4, -0.2) is 49.1 Å². The van der Waals surface area contributed by atoms with Crippen molar-refractivity contribution in [1.82, 2.24) is 14.5 Å². The van der Waals surface area contributed by atoms with Gasteiger partial charge in [0.25, 0.3) is 0 Å². The third kappa shape index (κ3) is 4.02. The van der Waals surface area contributed by atoms with E-state index in [-0.39, 0.29) is 0 Å². The molecule has 0 atom stereocenters. The van der Waals surface area contributed by atoms with Gasteiger partial charge in [0.05, 0.1) is 10.6 Å². The summed E-state index contributed by atoms with van der Waals surface area (Å²) in [5.41, 5.74) is 4.11. The maximum absolute atomic E-state index is 12.9. The molecule has 0 bridgehead atoms. The first kappa shape index (κ1) is 19.5. The topological polar surface area (TPSA) is 66.4 Å². The molecule has 1 aliphatic rings. The van der Waals surface area contributed by atoms with Gasteiger partial charge in [-0.2, -0.15) is 4.31 Å². The van der Waals surface area contributed by atoms with Crippen LogP contribution in [0.15, 0.2) is 65.6 Å². The molecular formula is C22H24N4O2S. The molecule has 0 unspecified atom stereocenters. The van der Waals surface area contributed by atoms with E-state index in [1.54, 1.807) is 16.4 Å². The second kappa shape index (κ2) is 7.93. The molecule has 1 fully saturated rings. The average Bonchev–Trinajstić information content (AvgIpc) is 2.75. The summed E-state index contributed by atoms with van der Waals surface area (Å²) in [6.45, 7) is 6.03. The van der Waals surface area contributed by atoms with Crippen molar-refractivity contribution in [2.75, 3.05) is 31.1 Å². The monoisotopic (exact) mass is 408 g/mol. The van der Waals surface area contributed by atoms with Gasteiger partial charge in [-0.25, -0.2) is 8.42 Å². The van der Waals surface area contributed by atoms with E-state index >= 15 is 0 Å². The van der Waals surface area contributed by atoms with Gasteiger partial charge in [0.1, 0.15) is 0 Å². The quantitative estimate of drug-likeness (QED) is 0.663. The summed E-state index contributed by atoms with van der Waals surface area (Å²) in [5, 5.41) is 8.77. The predicted molar refractivity (Wildman–Crippen MR) is 114 cm³/mol. The van der Waals surface area contributed by atoms with E-state index in [1.807, 2.05) is 49.4 Å². The van der Waals surface area contributed by atoms with E-state index in [0.29, 0.717) is 31.1 Å². The molecule has 3 aromatic rings. The first-order valence-corrected chi connectivity index (χ1v) is 11.1. The molecular weight excluding hydrogens is 384 g/mol. The minimum Gasteiger partial charge on any atom is -0.352 e. The first-order chi connectivity index (χ1) is 13.9. The van der Waals surface area contributed by atoms with Crippen LogP contribution in [0.25, 0.3) is 11.3 Å². The second-order valence-electron chi connectivity index (χ2n) is 7.30. The molecule has 0 amide bonds.